The average molecular weight is 130 g/mol. The Hall–Kier alpha value is -0.340. The van der Waals surface area contributed by atoms with Gasteiger partial charge in [0.15, 0.2) is 6.29 Å². The molecule has 0 fully saturated rings. The molecule has 0 aliphatic rings. The number of hydrogen-bond donors (Lipinski definition) is 2. The Morgan fingerprint density at radius 3 is 1.89 bits per heavy atom. The third-order valence-electron chi connectivity index (χ3n) is 1.07. The highest BCUT2D eigenvalue weighted by Crippen LogP contribution is 2.04. The van der Waals surface area contributed by atoms with Gasteiger partial charge in [0, 0.05) is 5.92 Å². The summed E-state index contributed by atoms with van der Waals surface area (Å²) in [5.41, 5.74) is 1.11. The van der Waals surface area contributed by atoms with Gasteiger partial charge in [-0.3, -0.25) is 0 Å². The van der Waals surface area contributed by atoms with E-state index in [0.717, 1.165) is 5.57 Å². The first-order valence-corrected chi connectivity index (χ1v) is 3.05. The van der Waals surface area contributed by atoms with Crippen LogP contribution in [0.1, 0.15) is 20.8 Å². The van der Waals surface area contributed by atoms with Crippen molar-refractivity contribution in [2.24, 2.45) is 5.92 Å². The fourth-order valence-corrected chi connectivity index (χ4v) is 0.612. The van der Waals surface area contributed by atoms with Gasteiger partial charge in [-0.25, -0.2) is 0 Å². The van der Waals surface area contributed by atoms with Crippen LogP contribution in [0.25, 0.3) is 0 Å². The Morgan fingerprint density at radius 2 is 1.78 bits per heavy atom. The topological polar surface area (TPSA) is 40.5 Å². The highest BCUT2D eigenvalue weighted by Gasteiger charge is 2.05. The molecule has 0 spiro atoms. The summed E-state index contributed by atoms with van der Waals surface area (Å²) >= 11 is 0. The molecule has 0 radical (unpaired) electrons. The van der Waals surface area contributed by atoms with Crippen LogP contribution in [-0.2, 0) is 0 Å². The van der Waals surface area contributed by atoms with E-state index in [9.17, 15) is 0 Å². The molecule has 1 unspecified atom stereocenters. The summed E-state index contributed by atoms with van der Waals surface area (Å²) in [5, 5.41) is 17.2. The van der Waals surface area contributed by atoms with Gasteiger partial charge in [0.05, 0.1) is 0 Å². The molecule has 0 aliphatic heterocycles. The Labute approximate surface area is 55.8 Å². The quantitative estimate of drug-likeness (QED) is 0.430. The monoisotopic (exact) mass is 130 g/mol. The third kappa shape index (κ3) is 4.18. The van der Waals surface area contributed by atoms with Crippen molar-refractivity contribution in [1.29, 1.82) is 0 Å². The van der Waals surface area contributed by atoms with E-state index >= 15 is 0 Å². The fourth-order valence-electron chi connectivity index (χ4n) is 0.612. The van der Waals surface area contributed by atoms with Crippen LogP contribution >= 0.6 is 0 Å². The molecule has 0 saturated heterocycles. The minimum Gasteiger partial charge on any atom is -0.368 e. The average Bonchev–Trinajstić information content (AvgIpc) is 1.63. The van der Waals surface area contributed by atoms with Gasteiger partial charge in [-0.2, -0.15) is 0 Å². The van der Waals surface area contributed by atoms with E-state index in [1.54, 1.807) is 6.92 Å². The van der Waals surface area contributed by atoms with Crippen molar-refractivity contribution in [2.75, 3.05) is 0 Å². The largest absolute Gasteiger partial charge is 0.368 e. The van der Waals surface area contributed by atoms with E-state index in [2.05, 4.69) is 0 Å². The summed E-state index contributed by atoms with van der Waals surface area (Å²) in [5.74, 6) is -0.157. The number of aliphatic hydroxyl groups is 2. The maximum absolute atomic E-state index is 8.58. The van der Waals surface area contributed by atoms with Crippen LogP contribution in [0, 0.1) is 5.92 Å². The highest BCUT2D eigenvalue weighted by atomic mass is 16.5. The zero-order chi connectivity index (χ0) is 7.44. The summed E-state index contributed by atoms with van der Waals surface area (Å²) in [7, 11) is 0. The lowest BCUT2D eigenvalue weighted by molar-refractivity contribution is -0.0653. The second kappa shape index (κ2) is 3.64. The van der Waals surface area contributed by atoms with E-state index < -0.39 is 6.29 Å². The normalized spacial score (nSPS) is 13.6. The first kappa shape index (κ1) is 8.66. The molecule has 0 bridgehead atoms. The van der Waals surface area contributed by atoms with Crippen LogP contribution in [-0.4, -0.2) is 16.5 Å². The Balaban J connectivity index is 3.76. The van der Waals surface area contributed by atoms with Gasteiger partial charge in [-0.1, -0.05) is 18.6 Å². The molecule has 0 aromatic rings. The van der Waals surface area contributed by atoms with Crippen LogP contribution < -0.4 is 0 Å². The minimum absolute atomic E-state index is 0.157. The van der Waals surface area contributed by atoms with Crippen molar-refractivity contribution in [2.45, 2.75) is 27.1 Å². The maximum atomic E-state index is 8.58. The van der Waals surface area contributed by atoms with Gasteiger partial charge in [0.1, 0.15) is 0 Å². The molecule has 0 aromatic heterocycles. The van der Waals surface area contributed by atoms with Gasteiger partial charge >= 0.3 is 0 Å². The summed E-state index contributed by atoms with van der Waals surface area (Å²) in [6.07, 6.45) is 0.602. The lowest BCUT2D eigenvalue weighted by Gasteiger charge is -2.07. The Kier molecular flexibility index (Phi) is 3.50. The molecular weight excluding hydrogens is 116 g/mol. The molecule has 2 heteroatoms. The van der Waals surface area contributed by atoms with Crippen molar-refractivity contribution < 1.29 is 10.2 Å². The molecule has 0 amide bonds. The molecule has 1 atom stereocenters. The lowest BCUT2D eigenvalue weighted by atomic mass is 10.1. The molecule has 0 saturated carbocycles. The first-order chi connectivity index (χ1) is 4.04. The number of allylic oxidation sites excluding steroid dienone is 1. The second-order valence-electron chi connectivity index (χ2n) is 2.52. The molecule has 2 N–H and O–H groups in total. The molecule has 0 rings (SSSR count). The SMILES string of the molecule is CC(C)=CC(C)C(O)O. The predicted octanol–water partition coefficient (Wildman–Crippen LogP) is 0.899. The minimum atomic E-state index is -1.22. The second-order valence-corrected chi connectivity index (χ2v) is 2.52. The maximum Gasteiger partial charge on any atom is 0.157 e. The first-order valence-electron chi connectivity index (χ1n) is 3.05. The number of hydrogen-bond acceptors (Lipinski definition) is 2. The Morgan fingerprint density at radius 1 is 1.33 bits per heavy atom. The van der Waals surface area contributed by atoms with Crippen molar-refractivity contribution in [3.8, 4) is 0 Å². The summed E-state index contributed by atoms with van der Waals surface area (Å²) in [6.45, 7) is 5.62. The van der Waals surface area contributed by atoms with Gasteiger partial charge in [0.25, 0.3) is 0 Å². The van der Waals surface area contributed by atoms with Crippen molar-refractivity contribution in [3.63, 3.8) is 0 Å². The zero-order valence-electron chi connectivity index (χ0n) is 6.13. The van der Waals surface area contributed by atoms with Gasteiger partial charge in [-0.05, 0) is 13.8 Å². The smallest absolute Gasteiger partial charge is 0.157 e. The summed E-state index contributed by atoms with van der Waals surface area (Å²) < 4.78 is 0. The van der Waals surface area contributed by atoms with E-state index in [0.29, 0.717) is 0 Å². The van der Waals surface area contributed by atoms with Crippen LogP contribution in [0.3, 0.4) is 0 Å². The van der Waals surface area contributed by atoms with Crippen molar-refractivity contribution in [1.82, 2.24) is 0 Å². The molecule has 9 heavy (non-hydrogen) atoms. The van der Waals surface area contributed by atoms with Crippen LogP contribution in [0.2, 0.25) is 0 Å². The van der Waals surface area contributed by atoms with Crippen molar-refractivity contribution >= 4 is 0 Å². The van der Waals surface area contributed by atoms with E-state index in [-0.39, 0.29) is 5.92 Å². The number of aliphatic hydroxyl groups excluding tert-OH is 1. The summed E-state index contributed by atoms with van der Waals surface area (Å²) in [6, 6.07) is 0. The molecule has 0 aliphatic carbocycles. The predicted molar refractivity (Wildman–Crippen MR) is 36.8 cm³/mol. The third-order valence-corrected chi connectivity index (χ3v) is 1.07. The van der Waals surface area contributed by atoms with E-state index in [4.69, 9.17) is 10.2 Å². The van der Waals surface area contributed by atoms with Crippen LogP contribution in [0.4, 0.5) is 0 Å². The molecule has 0 heterocycles. The lowest BCUT2D eigenvalue weighted by Crippen LogP contribution is -2.13. The number of rotatable bonds is 2. The molecule has 2 nitrogen and oxygen atoms in total. The standard InChI is InChI=1S/C7H14O2/c1-5(2)4-6(3)7(8)9/h4,6-9H,1-3H3. The molecule has 54 valence electrons. The summed E-state index contributed by atoms with van der Waals surface area (Å²) in [4.78, 5) is 0. The van der Waals surface area contributed by atoms with Gasteiger partial charge in [-0.15, -0.1) is 0 Å². The van der Waals surface area contributed by atoms with Gasteiger partial charge in [0.2, 0.25) is 0 Å². The fraction of sp³-hybridized carbons (Fsp3) is 0.714. The Bertz CT molecular complexity index is 101. The highest BCUT2D eigenvalue weighted by molar-refractivity contribution is 4.96. The van der Waals surface area contributed by atoms with Crippen molar-refractivity contribution in [3.05, 3.63) is 11.6 Å². The zero-order valence-corrected chi connectivity index (χ0v) is 6.13. The van der Waals surface area contributed by atoms with E-state index in [1.165, 1.54) is 0 Å². The van der Waals surface area contributed by atoms with Crippen LogP contribution in [0.15, 0.2) is 11.6 Å². The molecular formula is C7H14O2. The van der Waals surface area contributed by atoms with E-state index in [1.807, 2.05) is 19.9 Å². The molecule has 0 aromatic carbocycles. The van der Waals surface area contributed by atoms with Gasteiger partial charge < -0.3 is 10.2 Å². The van der Waals surface area contributed by atoms with Crippen LogP contribution in [0.5, 0.6) is 0 Å².